The quantitative estimate of drug-likeness (QED) is 0.909. The first kappa shape index (κ1) is 15.1. The van der Waals surface area contributed by atoms with E-state index in [-0.39, 0.29) is 17.4 Å². The number of nitrogens with zero attached hydrogens (tertiary/aromatic N) is 2. The van der Waals surface area contributed by atoms with Gasteiger partial charge in [0.15, 0.2) is 11.4 Å². The van der Waals surface area contributed by atoms with Crippen LogP contribution in [0.3, 0.4) is 0 Å². The summed E-state index contributed by atoms with van der Waals surface area (Å²) in [5.74, 6) is -1.68. The van der Waals surface area contributed by atoms with Crippen molar-refractivity contribution in [2.75, 3.05) is 7.05 Å². The number of amides is 1. The normalized spacial score (nSPS) is 12.0. The van der Waals surface area contributed by atoms with Gasteiger partial charge in [-0.3, -0.25) is 4.79 Å². The molecule has 6 nitrogen and oxygen atoms in total. The molecule has 7 heteroatoms. The van der Waals surface area contributed by atoms with Crippen LogP contribution in [0.4, 0.5) is 0 Å². The second-order valence-electron chi connectivity index (χ2n) is 4.57. The standard InChI is InChI=1S/C14H14ClN3O3/c1-8(9-3-5-10(15)6-4-9)18(2)13(19)11-12(14(20)21)17-7-16-11/h3-8H,1-2H3,(H,16,17)(H,20,21). The number of rotatable bonds is 4. The molecule has 1 heterocycles. The number of aromatic nitrogens is 2. The lowest BCUT2D eigenvalue weighted by Crippen LogP contribution is -2.31. The Labute approximate surface area is 126 Å². The maximum absolute atomic E-state index is 12.4. The van der Waals surface area contributed by atoms with Crippen molar-refractivity contribution in [3.8, 4) is 0 Å². The van der Waals surface area contributed by atoms with Gasteiger partial charge in [-0.1, -0.05) is 23.7 Å². The Morgan fingerprint density at radius 3 is 2.52 bits per heavy atom. The Kier molecular flexibility index (Phi) is 4.28. The number of H-pyrrole nitrogens is 1. The molecule has 0 spiro atoms. The van der Waals surface area contributed by atoms with Gasteiger partial charge in [0.1, 0.15) is 0 Å². The lowest BCUT2D eigenvalue weighted by Gasteiger charge is -2.24. The molecular formula is C14H14ClN3O3. The van der Waals surface area contributed by atoms with Gasteiger partial charge in [0.25, 0.3) is 5.91 Å². The smallest absolute Gasteiger partial charge is 0.354 e. The van der Waals surface area contributed by atoms with Gasteiger partial charge in [-0.2, -0.15) is 0 Å². The first-order chi connectivity index (χ1) is 9.91. The van der Waals surface area contributed by atoms with E-state index in [0.717, 1.165) is 5.56 Å². The van der Waals surface area contributed by atoms with Crippen LogP contribution in [0.25, 0.3) is 0 Å². The topological polar surface area (TPSA) is 86.3 Å². The molecule has 0 bridgehead atoms. The number of hydrogen-bond donors (Lipinski definition) is 2. The maximum Gasteiger partial charge on any atom is 0.354 e. The number of carbonyl (C=O) groups is 2. The summed E-state index contributed by atoms with van der Waals surface area (Å²) >= 11 is 5.84. The summed E-state index contributed by atoms with van der Waals surface area (Å²) in [6.45, 7) is 1.84. The van der Waals surface area contributed by atoms with Crippen molar-refractivity contribution in [1.82, 2.24) is 14.9 Å². The Balaban J connectivity index is 2.24. The number of carbonyl (C=O) groups excluding carboxylic acids is 1. The third-order valence-electron chi connectivity index (χ3n) is 3.31. The molecule has 2 N–H and O–H groups in total. The van der Waals surface area contributed by atoms with Crippen molar-refractivity contribution in [1.29, 1.82) is 0 Å². The SMILES string of the molecule is CC(c1ccc(Cl)cc1)N(C)C(=O)c1nc[nH]c1C(=O)O. The fourth-order valence-electron chi connectivity index (χ4n) is 1.93. The molecule has 0 saturated carbocycles. The van der Waals surface area contributed by atoms with Crippen molar-refractivity contribution in [2.45, 2.75) is 13.0 Å². The molecule has 1 aromatic heterocycles. The van der Waals surface area contributed by atoms with E-state index in [1.807, 2.05) is 19.1 Å². The van der Waals surface area contributed by atoms with Crippen LogP contribution in [0.2, 0.25) is 5.02 Å². The zero-order valence-corrected chi connectivity index (χ0v) is 12.3. The molecule has 0 fully saturated rings. The monoisotopic (exact) mass is 307 g/mol. The second kappa shape index (κ2) is 5.97. The predicted molar refractivity (Wildman–Crippen MR) is 77.5 cm³/mol. The van der Waals surface area contributed by atoms with E-state index in [0.29, 0.717) is 5.02 Å². The zero-order chi connectivity index (χ0) is 15.6. The van der Waals surface area contributed by atoms with Crippen molar-refractivity contribution in [3.63, 3.8) is 0 Å². The van der Waals surface area contributed by atoms with Crippen LogP contribution < -0.4 is 0 Å². The highest BCUT2D eigenvalue weighted by Crippen LogP contribution is 2.22. The molecule has 0 aliphatic rings. The van der Waals surface area contributed by atoms with E-state index in [4.69, 9.17) is 16.7 Å². The number of carboxylic acid groups (broad SMARTS) is 1. The fourth-order valence-corrected chi connectivity index (χ4v) is 2.05. The van der Waals surface area contributed by atoms with Crippen LogP contribution in [0.15, 0.2) is 30.6 Å². The number of benzene rings is 1. The minimum atomic E-state index is -1.22. The highest BCUT2D eigenvalue weighted by atomic mass is 35.5. The molecule has 0 saturated heterocycles. The van der Waals surface area contributed by atoms with E-state index in [1.54, 1.807) is 19.2 Å². The average Bonchev–Trinajstić information content (AvgIpc) is 2.95. The number of carboxylic acids is 1. The van der Waals surface area contributed by atoms with Crippen molar-refractivity contribution < 1.29 is 14.7 Å². The highest BCUT2D eigenvalue weighted by molar-refractivity contribution is 6.30. The molecule has 1 atom stereocenters. The molecular weight excluding hydrogens is 294 g/mol. The summed E-state index contributed by atoms with van der Waals surface area (Å²) < 4.78 is 0. The minimum absolute atomic E-state index is 0.106. The molecule has 21 heavy (non-hydrogen) atoms. The molecule has 1 aromatic carbocycles. The summed E-state index contributed by atoms with van der Waals surface area (Å²) in [6.07, 6.45) is 1.19. The van der Waals surface area contributed by atoms with Gasteiger partial charge in [0.2, 0.25) is 0 Å². The fraction of sp³-hybridized carbons (Fsp3) is 0.214. The molecule has 1 unspecified atom stereocenters. The van der Waals surface area contributed by atoms with Gasteiger partial charge < -0.3 is 15.0 Å². The number of imidazole rings is 1. The highest BCUT2D eigenvalue weighted by Gasteiger charge is 2.25. The van der Waals surface area contributed by atoms with Crippen LogP contribution in [0.1, 0.15) is 39.5 Å². The zero-order valence-electron chi connectivity index (χ0n) is 11.5. The summed E-state index contributed by atoms with van der Waals surface area (Å²) in [7, 11) is 1.60. The third-order valence-corrected chi connectivity index (χ3v) is 3.56. The Hall–Kier alpha value is -2.34. The van der Waals surface area contributed by atoms with Crippen LogP contribution >= 0.6 is 11.6 Å². The number of aromatic carboxylic acids is 1. The number of aromatic amines is 1. The summed E-state index contributed by atoms with van der Waals surface area (Å²) in [4.78, 5) is 31.1. The number of hydrogen-bond acceptors (Lipinski definition) is 3. The van der Waals surface area contributed by atoms with Crippen LogP contribution in [-0.4, -0.2) is 38.9 Å². The van der Waals surface area contributed by atoms with Gasteiger partial charge in [0, 0.05) is 12.1 Å². The Morgan fingerprint density at radius 1 is 1.33 bits per heavy atom. The van der Waals surface area contributed by atoms with Crippen molar-refractivity contribution in [3.05, 3.63) is 52.6 Å². The van der Waals surface area contributed by atoms with Gasteiger partial charge in [-0.15, -0.1) is 0 Å². The van der Waals surface area contributed by atoms with E-state index in [2.05, 4.69) is 9.97 Å². The van der Waals surface area contributed by atoms with Crippen molar-refractivity contribution >= 4 is 23.5 Å². The average molecular weight is 308 g/mol. The predicted octanol–water partition coefficient (Wildman–Crippen LogP) is 2.59. The van der Waals surface area contributed by atoms with Gasteiger partial charge in [-0.05, 0) is 24.6 Å². The Bertz CT molecular complexity index is 666. The lowest BCUT2D eigenvalue weighted by atomic mass is 10.1. The first-order valence-corrected chi connectivity index (χ1v) is 6.59. The maximum atomic E-state index is 12.4. The largest absolute Gasteiger partial charge is 0.477 e. The van der Waals surface area contributed by atoms with Gasteiger partial charge in [-0.25, -0.2) is 9.78 Å². The number of nitrogens with one attached hydrogen (secondary N) is 1. The first-order valence-electron chi connectivity index (χ1n) is 6.21. The summed E-state index contributed by atoms with van der Waals surface area (Å²) in [5, 5.41) is 9.63. The Morgan fingerprint density at radius 2 is 1.95 bits per heavy atom. The molecule has 2 rings (SSSR count). The lowest BCUT2D eigenvalue weighted by molar-refractivity contribution is 0.0665. The van der Waals surface area contributed by atoms with Crippen LogP contribution in [-0.2, 0) is 0 Å². The van der Waals surface area contributed by atoms with E-state index in [9.17, 15) is 9.59 Å². The van der Waals surface area contributed by atoms with Gasteiger partial charge in [0.05, 0.1) is 12.4 Å². The van der Waals surface area contributed by atoms with Crippen LogP contribution in [0, 0.1) is 0 Å². The third kappa shape index (κ3) is 3.05. The van der Waals surface area contributed by atoms with E-state index < -0.39 is 11.9 Å². The summed E-state index contributed by atoms with van der Waals surface area (Å²) in [5.41, 5.74) is 0.573. The van der Waals surface area contributed by atoms with Crippen molar-refractivity contribution in [2.24, 2.45) is 0 Å². The molecule has 1 amide bonds. The summed E-state index contributed by atoms with van der Waals surface area (Å²) in [6, 6.07) is 6.87. The molecule has 0 radical (unpaired) electrons. The second-order valence-corrected chi connectivity index (χ2v) is 5.01. The van der Waals surface area contributed by atoms with E-state index >= 15 is 0 Å². The molecule has 0 aliphatic heterocycles. The van der Waals surface area contributed by atoms with Gasteiger partial charge >= 0.3 is 5.97 Å². The molecule has 0 aliphatic carbocycles. The van der Waals surface area contributed by atoms with E-state index in [1.165, 1.54) is 11.2 Å². The minimum Gasteiger partial charge on any atom is -0.477 e. The molecule has 110 valence electrons. The molecule has 2 aromatic rings. The number of halogens is 1. The van der Waals surface area contributed by atoms with Crippen LogP contribution in [0.5, 0.6) is 0 Å².